The van der Waals surface area contributed by atoms with Crippen molar-refractivity contribution < 1.29 is 9.66 Å². The Morgan fingerprint density at radius 3 is 2.89 bits per heavy atom. The number of hydrogen-bond donors (Lipinski definition) is 1. The van der Waals surface area contributed by atoms with Gasteiger partial charge in [0.25, 0.3) is 0 Å². The highest BCUT2D eigenvalue weighted by molar-refractivity contribution is 5.53. The minimum atomic E-state index is -0.470. The third-order valence-corrected chi connectivity index (χ3v) is 2.61. The average molecular weight is 259 g/mol. The third kappa shape index (κ3) is 2.86. The molecular weight excluding hydrogens is 246 g/mol. The number of ether oxygens (including phenoxy) is 1. The summed E-state index contributed by atoms with van der Waals surface area (Å²) in [6, 6.07) is 6.49. The van der Waals surface area contributed by atoms with Crippen LogP contribution in [-0.4, -0.2) is 9.91 Å². The van der Waals surface area contributed by atoms with Crippen molar-refractivity contribution in [2.75, 3.05) is 0 Å². The lowest BCUT2D eigenvalue weighted by Gasteiger charge is -2.09. The summed E-state index contributed by atoms with van der Waals surface area (Å²) in [7, 11) is 0. The van der Waals surface area contributed by atoms with E-state index >= 15 is 0 Å². The Balaban J connectivity index is 2.40. The number of benzene rings is 1. The van der Waals surface area contributed by atoms with Crippen LogP contribution in [0.5, 0.6) is 11.5 Å². The van der Waals surface area contributed by atoms with E-state index in [2.05, 4.69) is 4.98 Å². The molecule has 0 amide bonds. The SMILES string of the molecule is Cc1cccc([N+](=O)[O-])c1Oc1cncc(CN)c1. The third-order valence-electron chi connectivity index (χ3n) is 2.61. The van der Waals surface area contributed by atoms with Crippen molar-refractivity contribution in [2.45, 2.75) is 13.5 Å². The maximum atomic E-state index is 11.0. The van der Waals surface area contributed by atoms with Crippen LogP contribution in [0.3, 0.4) is 0 Å². The van der Waals surface area contributed by atoms with Crippen molar-refractivity contribution >= 4 is 5.69 Å². The Bertz CT molecular complexity index is 614. The smallest absolute Gasteiger partial charge is 0.311 e. The van der Waals surface area contributed by atoms with Crippen LogP contribution in [0, 0.1) is 17.0 Å². The fourth-order valence-electron chi connectivity index (χ4n) is 1.66. The van der Waals surface area contributed by atoms with Gasteiger partial charge in [0.2, 0.25) is 5.75 Å². The van der Waals surface area contributed by atoms with E-state index in [0.717, 1.165) is 5.56 Å². The molecule has 6 heteroatoms. The molecule has 1 aromatic carbocycles. The lowest BCUT2D eigenvalue weighted by molar-refractivity contribution is -0.385. The molecule has 6 nitrogen and oxygen atoms in total. The minimum absolute atomic E-state index is 0.0712. The largest absolute Gasteiger partial charge is 0.448 e. The molecule has 0 bridgehead atoms. The average Bonchev–Trinajstić information content (AvgIpc) is 2.41. The van der Waals surface area contributed by atoms with Crippen LogP contribution >= 0.6 is 0 Å². The predicted molar refractivity (Wildman–Crippen MR) is 70.0 cm³/mol. The summed E-state index contributed by atoms with van der Waals surface area (Å²) >= 11 is 0. The summed E-state index contributed by atoms with van der Waals surface area (Å²) in [5.74, 6) is 0.656. The first-order valence-electron chi connectivity index (χ1n) is 5.67. The molecule has 0 radical (unpaired) electrons. The lowest BCUT2D eigenvalue weighted by atomic mass is 10.2. The van der Waals surface area contributed by atoms with Crippen molar-refractivity contribution in [3.05, 3.63) is 57.9 Å². The van der Waals surface area contributed by atoms with Gasteiger partial charge in [0.05, 0.1) is 11.1 Å². The molecule has 0 aliphatic heterocycles. The highest BCUT2D eigenvalue weighted by Crippen LogP contribution is 2.34. The van der Waals surface area contributed by atoms with E-state index in [0.29, 0.717) is 17.9 Å². The standard InChI is InChI=1S/C13H13N3O3/c1-9-3-2-4-12(16(17)18)13(9)19-11-5-10(6-14)7-15-8-11/h2-5,7-8H,6,14H2,1H3. The van der Waals surface area contributed by atoms with Crippen molar-refractivity contribution in [3.63, 3.8) is 0 Å². The van der Waals surface area contributed by atoms with Crippen molar-refractivity contribution in [3.8, 4) is 11.5 Å². The number of pyridine rings is 1. The summed E-state index contributed by atoms with van der Waals surface area (Å²) in [6.07, 6.45) is 3.12. The second kappa shape index (κ2) is 5.45. The number of para-hydroxylation sites is 1. The molecule has 0 spiro atoms. The molecular formula is C13H13N3O3. The number of rotatable bonds is 4. The highest BCUT2D eigenvalue weighted by Gasteiger charge is 2.17. The van der Waals surface area contributed by atoms with Gasteiger partial charge in [-0.2, -0.15) is 0 Å². The first kappa shape index (κ1) is 13.0. The Morgan fingerprint density at radius 2 is 2.21 bits per heavy atom. The molecule has 1 heterocycles. The maximum Gasteiger partial charge on any atom is 0.311 e. The number of nitro benzene ring substituents is 1. The van der Waals surface area contributed by atoms with Crippen LogP contribution in [0.1, 0.15) is 11.1 Å². The van der Waals surface area contributed by atoms with Crippen LogP contribution in [0.25, 0.3) is 0 Å². The summed E-state index contributed by atoms with van der Waals surface area (Å²) in [6.45, 7) is 2.09. The molecule has 0 saturated carbocycles. The monoisotopic (exact) mass is 259 g/mol. The van der Waals surface area contributed by atoms with Crippen LogP contribution < -0.4 is 10.5 Å². The van der Waals surface area contributed by atoms with Crippen molar-refractivity contribution in [2.24, 2.45) is 5.73 Å². The van der Waals surface area contributed by atoms with Gasteiger partial charge in [-0.05, 0) is 24.1 Å². The van der Waals surface area contributed by atoms with E-state index in [9.17, 15) is 10.1 Å². The molecule has 1 aromatic heterocycles. The predicted octanol–water partition coefficient (Wildman–Crippen LogP) is 2.55. The fourth-order valence-corrected chi connectivity index (χ4v) is 1.66. The van der Waals surface area contributed by atoms with Crippen LogP contribution in [0.15, 0.2) is 36.7 Å². The molecule has 19 heavy (non-hydrogen) atoms. The van der Waals surface area contributed by atoms with Gasteiger partial charge >= 0.3 is 5.69 Å². The number of nitrogens with two attached hydrogens (primary N) is 1. The van der Waals surface area contributed by atoms with Crippen LogP contribution in [-0.2, 0) is 6.54 Å². The molecule has 0 aliphatic rings. The van der Waals surface area contributed by atoms with Gasteiger partial charge in [0, 0.05) is 18.8 Å². The zero-order valence-electron chi connectivity index (χ0n) is 10.4. The molecule has 98 valence electrons. The summed E-state index contributed by atoms with van der Waals surface area (Å²) in [4.78, 5) is 14.5. The molecule has 0 fully saturated rings. The Hall–Kier alpha value is -2.47. The van der Waals surface area contributed by atoms with Gasteiger partial charge in [-0.15, -0.1) is 0 Å². The van der Waals surface area contributed by atoms with Gasteiger partial charge in [0.1, 0.15) is 5.75 Å². The Labute approximate surface area is 110 Å². The van der Waals surface area contributed by atoms with E-state index in [-0.39, 0.29) is 11.4 Å². The maximum absolute atomic E-state index is 11.0. The zero-order valence-corrected chi connectivity index (χ0v) is 10.4. The number of nitrogens with zero attached hydrogens (tertiary/aromatic N) is 2. The number of aromatic nitrogens is 1. The van der Waals surface area contributed by atoms with Crippen LogP contribution in [0.2, 0.25) is 0 Å². The van der Waals surface area contributed by atoms with Gasteiger partial charge in [-0.3, -0.25) is 15.1 Å². The van der Waals surface area contributed by atoms with Gasteiger partial charge < -0.3 is 10.5 Å². The summed E-state index contributed by atoms with van der Waals surface area (Å²) in [5, 5.41) is 11.0. The molecule has 2 N–H and O–H groups in total. The Morgan fingerprint density at radius 1 is 1.42 bits per heavy atom. The van der Waals surface area contributed by atoms with E-state index < -0.39 is 4.92 Å². The van der Waals surface area contributed by atoms with Crippen molar-refractivity contribution in [1.82, 2.24) is 4.98 Å². The first-order chi connectivity index (χ1) is 9.11. The lowest BCUT2D eigenvalue weighted by Crippen LogP contribution is -1.99. The number of aryl methyl sites for hydroxylation is 1. The van der Waals surface area contributed by atoms with E-state index in [1.807, 2.05) is 0 Å². The van der Waals surface area contributed by atoms with Gasteiger partial charge in [-0.1, -0.05) is 12.1 Å². The minimum Gasteiger partial charge on any atom is -0.448 e. The normalized spacial score (nSPS) is 10.2. The fraction of sp³-hybridized carbons (Fsp3) is 0.154. The van der Waals surface area contributed by atoms with E-state index in [1.165, 1.54) is 12.3 Å². The van der Waals surface area contributed by atoms with Gasteiger partial charge in [0.15, 0.2) is 0 Å². The molecule has 2 aromatic rings. The van der Waals surface area contributed by atoms with E-state index in [4.69, 9.17) is 10.5 Å². The number of nitro groups is 1. The second-order valence-corrected chi connectivity index (χ2v) is 4.02. The highest BCUT2D eigenvalue weighted by atomic mass is 16.6. The molecule has 0 saturated heterocycles. The van der Waals surface area contributed by atoms with Gasteiger partial charge in [-0.25, -0.2) is 0 Å². The molecule has 2 rings (SSSR count). The molecule has 0 unspecified atom stereocenters. The second-order valence-electron chi connectivity index (χ2n) is 4.02. The number of hydrogen-bond acceptors (Lipinski definition) is 5. The zero-order chi connectivity index (χ0) is 13.8. The Kier molecular flexibility index (Phi) is 3.72. The topological polar surface area (TPSA) is 91.3 Å². The quantitative estimate of drug-likeness (QED) is 0.673. The van der Waals surface area contributed by atoms with Crippen LogP contribution in [0.4, 0.5) is 5.69 Å². The van der Waals surface area contributed by atoms with E-state index in [1.54, 1.807) is 31.3 Å². The van der Waals surface area contributed by atoms with Crippen molar-refractivity contribution in [1.29, 1.82) is 0 Å². The molecule has 0 atom stereocenters. The first-order valence-corrected chi connectivity index (χ1v) is 5.67. The molecule has 0 aliphatic carbocycles. The summed E-state index contributed by atoms with van der Waals surface area (Å²) in [5.41, 5.74) is 6.93. The summed E-state index contributed by atoms with van der Waals surface area (Å²) < 4.78 is 5.58.